The summed E-state index contributed by atoms with van der Waals surface area (Å²) >= 11 is 0. The van der Waals surface area contributed by atoms with Crippen LogP contribution in [0, 0.1) is 0 Å². The zero-order valence-corrected chi connectivity index (χ0v) is 10.0. The van der Waals surface area contributed by atoms with Gasteiger partial charge in [-0.15, -0.1) is 0 Å². The van der Waals surface area contributed by atoms with Crippen molar-refractivity contribution in [2.45, 2.75) is 26.0 Å². The van der Waals surface area contributed by atoms with Crippen molar-refractivity contribution in [3.8, 4) is 0 Å². The number of hydrogen-bond donors (Lipinski definition) is 4. The highest BCUT2D eigenvalue weighted by molar-refractivity contribution is 7.46. The molecule has 0 bridgehead atoms. The molecule has 0 fully saturated rings. The summed E-state index contributed by atoms with van der Waals surface area (Å²) in [5.74, 6) is -1.11. The lowest BCUT2D eigenvalue weighted by Crippen LogP contribution is -2.51. The average molecular weight is 254 g/mol. The summed E-state index contributed by atoms with van der Waals surface area (Å²) in [7, 11) is -3.37. The summed E-state index contributed by atoms with van der Waals surface area (Å²) in [6, 6.07) is -1.16. The number of hydrogen-bond acceptors (Lipinski definition) is 4. The van der Waals surface area contributed by atoms with Crippen molar-refractivity contribution in [1.29, 1.82) is 0 Å². The van der Waals surface area contributed by atoms with Crippen molar-refractivity contribution in [2.75, 3.05) is 7.05 Å². The molecule has 0 heterocycles. The molecular formula is C7H15N2O6P. The zero-order valence-electron chi connectivity index (χ0n) is 9.13. The molecule has 0 unspecified atom stereocenters. The Morgan fingerprint density at radius 1 is 1.38 bits per heavy atom. The fourth-order valence-electron chi connectivity index (χ4n) is 1.05. The predicted octanol–water partition coefficient (Wildman–Crippen LogP) is -1.27. The molecule has 2 amide bonds. The molecule has 0 aliphatic carbocycles. The first-order valence-electron chi connectivity index (χ1n) is 4.40. The van der Waals surface area contributed by atoms with Crippen LogP contribution in [0.2, 0.25) is 0 Å². The van der Waals surface area contributed by atoms with Crippen LogP contribution in [0.1, 0.15) is 13.8 Å². The Morgan fingerprint density at radius 3 is 2.19 bits per heavy atom. The van der Waals surface area contributed by atoms with Crippen LogP contribution >= 0.6 is 7.82 Å². The molecule has 0 aliphatic heterocycles. The summed E-state index contributed by atoms with van der Waals surface area (Å²) in [4.78, 5) is 39.3. The maximum Gasteiger partial charge on any atom is 0.469 e. The van der Waals surface area contributed by atoms with Gasteiger partial charge in [-0.2, -0.15) is 0 Å². The molecular weight excluding hydrogens is 239 g/mol. The number of carbonyl (C=O) groups is 2. The summed E-state index contributed by atoms with van der Waals surface area (Å²) < 4.78 is 14.9. The molecule has 0 aromatic heterocycles. The Morgan fingerprint density at radius 2 is 1.88 bits per heavy atom. The van der Waals surface area contributed by atoms with E-state index in [1.165, 1.54) is 20.9 Å². The Labute approximate surface area is 92.6 Å². The van der Waals surface area contributed by atoms with Gasteiger partial charge in [0.1, 0.15) is 6.04 Å². The molecule has 0 radical (unpaired) electrons. The fraction of sp³-hybridized carbons (Fsp3) is 0.714. The van der Waals surface area contributed by atoms with E-state index in [4.69, 9.17) is 9.79 Å². The number of carbonyl (C=O) groups excluding carboxylic acids is 2. The second-order valence-corrected chi connectivity index (χ2v) is 4.29. The van der Waals surface area contributed by atoms with Crippen LogP contribution in [0.15, 0.2) is 0 Å². The lowest BCUT2D eigenvalue weighted by molar-refractivity contribution is -0.130. The van der Waals surface area contributed by atoms with Gasteiger partial charge in [0.2, 0.25) is 11.8 Å². The van der Waals surface area contributed by atoms with Crippen molar-refractivity contribution in [2.24, 2.45) is 0 Å². The number of likely N-dealkylation sites (N-methyl/N-ethyl adjacent to an activating group) is 1. The molecule has 0 saturated carbocycles. The maximum atomic E-state index is 11.3. The van der Waals surface area contributed by atoms with E-state index in [9.17, 15) is 14.2 Å². The van der Waals surface area contributed by atoms with E-state index in [2.05, 4.69) is 15.2 Å². The molecule has 0 spiro atoms. The molecule has 0 rings (SSSR count). The molecule has 94 valence electrons. The van der Waals surface area contributed by atoms with Gasteiger partial charge in [-0.3, -0.25) is 14.1 Å². The largest absolute Gasteiger partial charge is 0.469 e. The van der Waals surface area contributed by atoms with Crippen LogP contribution in [0.5, 0.6) is 0 Å². The molecule has 2 atom stereocenters. The quantitative estimate of drug-likeness (QED) is 0.453. The topological polar surface area (TPSA) is 125 Å². The van der Waals surface area contributed by atoms with E-state index < -0.39 is 31.8 Å². The maximum absolute atomic E-state index is 11.3. The molecule has 9 heteroatoms. The fourth-order valence-corrected chi connectivity index (χ4v) is 1.60. The van der Waals surface area contributed by atoms with Crippen molar-refractivity contribution < 1.29 is 28.5 Å². The third-order valence-electron chi connectivity index (χ3n) is 1.66. The number of nitrogens with one attached hydrogen (secondary N) is 2. The minimum atomic E-state index is -4.70. The minimum absolute atomic E-state index is 0.505. The Bertz CT molecular complexity index is 314. The zero-order chi connectivity index (χ0) is 12.9. The molecule has 8 nitrogen and oxygen atoms in total. The van der Waals surface area contributed by atoms with Gasteiger partial charge in [0.25, 0.3) is 0 Å². The van der Waals surface area contributed by atoms with E-state index >= 15 is 0 Å². The van der Waals surface area contributed by atoms with Crippen LogP contribution < -0.4 is 10.6 Å². The highest BCUT2D eigenvalue weighted by Gasteiger charge is 2.31. The second kappa shape index (κ2) is 5.95. The molecule has 16 heavy (non-hydrogen) atoms. The van der Waals surface area contributed by atoms with E-state index in [1.807, 2.05) is 0 Å². The highest BCUT2D eigenvalue weighted by Crippen LogP contribution is 2.38. The smallest absolute Gasteiger partial charge is 0.357 e. The molecule has 0 saturated heterocycles. The first-order chi connectivity index (χ1) is 7.17. The third kappa shape index (κ3) is 5.82. The van der Waals surface area contributed by atoms with Gasteiger partial charge in [0.15, 0.2) is 0 Å². The normalized spacial score (nSPS) is 15.1. The Kier molecular flexibility index (Phi) is 5.60. The van der Waals surface area contributed by atoms with Crippen molar-refractivity contribution in [3.05, 3.63) is 0 Å². The lowest BCUT2D eigenvalue weighted by Gasteiger charge is -2.23. The Hall–Kier alpha value is -0.950. The van der Waals surface area contributed by atoms with Crippen molar-refractivity contribution >= 4 is 19.6 Å². The standard InChI is InChI=1S/C7H15N2O6P/c1-4(15-16(12,13)14)6(7(11)8-3)9-5(2)10/h4,6H,1-3H3,(H,8,11)(H,9,10)(H2,12,13,14)/t4-,6+/m0/s1. The molecule has 0 aromatic rings. The lowest BCUT2D eigenvalue weighted by atomic mass is 10.1. The monoisotopic (exact) mass is 254 g/mol. The van der Waals surface area contributed by atoms with Gasteiger partial charge < -0.3 is 20.4 Å². The van der Waals surface area contributed by atoms with E-state index in [-0.39, 0.29) is 0 Å². The predicted molar refractivity (Wildman–Crippen MR) is 54.3 cm³/mol. The summed E-state index contributed by atoms with van der Waals surface area (Å²) in [5, 5.41) is 4.48. The van der Waals surface area contributed by atoms with Crippen LogP contribution in [-0.4, -0.2) is 40.8 Å². The van der Waals surface area contributed by atoms with Crippen molar-refractivity contribution in [3.63, 3.8) is 0 Å². The third-order valence-corrected chi connectivity index (χ3v) is 2.27. The van der Waals surface area contributed by atoms with Gasteiger partial charge in [0.05, 0.1) is 6.10 Å². The van der Waals surface area contributed by atoms with Gasteiger partial charge >= 0.3 is 7.82 Å². The minimum Gasteiger partial charge on any atom is -0.357 e. The van der Waals surface area contributed by atoms with E-state index in [1.54, 1.807) is 0 Å². The molecule has 0 aromatic carbocycles. The molecule has 4 N–H and O–H groups in total. The van der Waals surface area contributed by atoms with Crippen LogP contribution in [0.25, 0.3) is 0 Å². The first-order valence-corrected chi connectivity index (χ1v) is 5.93. The molecule has 0 aliphatic rings. The van der Waals surface area contributed by atoms with E-state index in [0.717, 1.165) is 0 Å². The average Bonchev–Trinajstić information content (AvgIpc) is 2.09. The van der Waals surface area contributed by atoms with Crippen molar-refractivity contribution in [1.82, 2.24) is 10.6 Å². The summed E-state index contributed by atoms with van der Waals surface area (Å²) in [6.45, 7) is 2.45. The Balaban J connectivity index is 4.69. The second-order valence-electron chi connectivity index (χ2n) is 3.09. The van der Waals surface area contributed by atoms with Crippen LogP contribution in [0.4, 0.5) is 0 Å². The highest BCUT2D eigenvalue weighted by atomic mass is 31.2. The number of phosphoric ester groups is 1. The van der Waals surface area contributed by atoms with Gasteiger partial charge in [-0.1, -0.05) is 0 Å². The number of amides is 2. The summed E-state index contributed by atoms with van der Waals surface area (Å²) in [6.07, 6.45) is -1.15. The van der Waals surface area contributed by atoms with Gasteiger partial charge in [-0.25, -0.2) is 4.57 Å². The van der Waals surface area contributed by atoms with Crippen LogP contribution in [-0.2, 0) is 18.7 Å². The van der Waals surface area contributed by atoms with Gasteiger partial charge in [0, 0.05) is 14.0 Å². The summed E-state index contributed by atoms with van der Waals surface area (Å²) in [5.41, 5.74) is 0. The number of phosphoric acid groups is 1. The van der Waals surface area contributed by atoms with E-state index in [0.29, 0.717) is 0 Å². The van der Waals surface area contributed by atoms with Crippen LogP contribution in [0.3, 0.4) is 0 Å². The number of rotatable bonds is 5. The van der Waals surface area contributed by atoms with Gasteiger partial charge in [-0.05, 0) is 6.92 Å². The SMILES string of the molecule is CNC(=O)[C@H](NC(C)=O)[C@H](C)OP(=O)(O)O. The first kappa shape index (κ1) is 15.0.